The van der Waals surface area contributed by atoms with Crippen LogP contribution in [0.25, 0.3) is 0 Å². The Hall–Kier alpha value is -1.83. The molecule has 1 fully saturated rings. The first kappa shape index (κ1) is 15.1. The lowest BCUT2D eigenvalue weighted by molar-refractivity contribution is -0.140. The maximum Gasteiger partial charge on any atom is 0.434 e. The Labute approximate surface area is 128 Å². The molecule has 0 radical (unpaired) electrons. The van der Waals surface area contributed by atoms with E-state index >= 15 is 0 Å². The Balaban J connectivity index is 1.64. The largest absolute Gasteiger partial charge is 0.434 e. The third-order valence-electron chi connectivity index (χ3n) is 3.52. The lowest BCUT2D eigenvalue weighted by atomic mass is 10.2. The summed E-state index contributed by atoms with van der Waals surface area (Å²) >= 11 is 1.01. The first-order valence-electron chi connectivity index (χ1n) is 6.72. The molecule has 22 heavy (non-hydrogen) atoms. The Kier molecular flexibility index (Phi) is 3.94. The molecule has 1 aromatic carbocycles. The van der Waals surface area contributed by atoms with Gasteiger partial charge in [-0.2, -0.15) is 13.2 Å². The van der Waals surface area contributed by atoms with Crippen molar-refractivity contribution in [3.8, 4) is 0 Å². The molecule has 0 spiro atoms. The summed E-state index contributed by atoms with van der Waals surface area (Å²) in [4.78, 5) is 7.59. The van der Waals surface area contributed by atoms with Crippen LogP contribution in [0.4, 0.5) is 28.4 Å². The molecule has 3 nitrogen and oxygen atoms in total. The molecule has 1 aliphatic rings. The molecule has 2 heterocycles. The second-order valence-corrected chi connectivity index (χ2v) is 5.80. The van der Waals surface area contributed by atoms with E-state index in [4.69, 9.17) is 0 Å². The molecule has 0 aliphatic carbocycles. The smallest absolute Gasteiger partial charge is 0.368 e. The molecule has 118 valence electrons. The van der Waals surface area contributed by atoms with Crippen molar-refractivity contribution in [2.45, 2.75) is 6.18 Å². The quantitative estimate of drug-likeness (QED) is 0.784. The Morgan fingerprint density at radius 2 is 1.55 bits per heavy atom. The summed E-state index contributed by atoms with van der Waals surface area (Å²) in [6.07, 6.45) is -4.40. The Morgan fingerprint density at radius 1 is 0.955 bits per heavy atom. The van der Waals surface area contributed by atoms with Crippen LogP contribution in [0.15, 0.2) is 29.6 Å². The van der Waals surface area contributed by atoms with Crippen LogP contribution in [0.1, 0.15) is 5.69 Å². The molecule has 1 saturated heterocycles. The van der Waals surface area contributed by atoms with E-state index in [0.717, 1.165) is 22.4 Å². The first-order chi connectivity index (χ1) is 10.4. The third-order valence-corrected chi connectivity index (χ3v) is 4.43. The van der Waals surface area contributed by atoms with E-state index in [1.165, 1.54) is 12.1 Å². The SMILES string of the molecule is Fc1ccc(N2CCN(c3nc(C(F)(F)F)cs3)CC2)cc1. The molecule has 0 atom stereocenters. The summed E-state index contributed by atoms with van der Waals surface area (Å²) < 4.78 is 50.6. The number of halogens is 4. The van der Waals surface area contributed by atoms with Crippen LogP contribution in [0.5, 0.6) is 0 Å². The maximum atomic E-state index is 12.9. The van der Waals surface area contributed by atoms with Crippen LogP contribution in [0.3, 0.4) is 0 Å². The monoisotopic (exact) mass is 331 g/mol. The van der Waals surface area contributed by atoms with E-state index in [2.05, 4.69) is 9.88 Å². The van der Waals surface area contributed by atoms with Crippen molar-refractivity contribution in [2.75, 3.05) is 36.0 Å². The highest BCUT2D eigenvalue weighted by molar-refractivity contribution is 7.13. The number of hydrogen-bond donors (Lipinski definition) is 0. The van der Waals surface area contributed by atoms with Crippen molar-refractivity contribution in [3.05, 3.63) is 41.2 Å². The minimum Gasteiger partial charge on any atom is -0.368 e. The average Bonchev–Trinajstić information content (AvgIpc) is 2.98. The fourth-order valence-electron chi connectivity index (χ4n) is 2.35. The van der Waals surface area contributed by atoms with Gasteiger partial charge in [0.25, 0.3) is 0 Å². The van der Waals surface area contributed by atoms with E-state index in [9.17, 15) is 17.6 Å². The molecule has 0 bridgehead atoms. The van der Waals surface area contributed by atoms with Gasteiger partial charge in [-0.3, -0.25) is 0 Å². The number of benzene rings is 1. The fourth-order valence-corrected chi connectivity index (χ4v) is 3.23. The zero-order chi connectivity index (χ0) is 15.7. The van der Waals surface area contributed by atoms with E-state index in [0.29, 0.717) is 31.3 Å². The molecule has 1 aromatic heterocycles. The zero-order valence-electron chi connectivity index (χ0n) is 11.5. The van der Waals surface area contributed by atoms with Gasteiger partial charge in [0.05, 0.1) is 0 Å². The zero-order valence-corrected chi connectivity index (χ0v) is 12.3. The summed E-state index contributed by atoms with van der Waals surface area (Å²) in [6.45, 7) is 2.49. The highest BCUT2D eigenvalue weighted by Gasteiger charge is 2.34. The van der Waals surface area contributed by atoms with Gasteiger partial charge in [0.2, 0.25) is 0 Å². The van der Waals surface area contributed by atoms with Gasteiger partial charge >= 0.3 is 6.18 Å². The third kappa shape index (κ3) is 3.16. The van der Waals surface area contributed by atoms with Gasteiger partial charge in [0, 0.05) is 37.2 Å². The topological polar surface area (TPSA) is 19.4 Å². The molecule has 0 unspecified atom stereocenters. The summed E-state index contributed by atoms with van der Waals surface area (Å²) in [5, 5.41) is 1.44. The fraction of sp³-hybridized carbons (Fsp3) is 0.357. The van der Waals surface area contributed by atoms with Crippen molar-refractivity contribution in [3.63, 3.8) is 0 Å². The summed E-state index contributed by atoms with van der Waals surface area (Å²) in [7, 11) is 0. The average molecular weight is 331 g/mol. The van der Waals surface area contributed by atoms with Crippen molar-refractivity contribution < 1.29 is 17.6 Å². The van der Waals surface area contributed by atoms with Crippen molar-refractivity contribution in [2.24, 2.45) is 0 Å². The highest BCUT2D eigenvalue weighted by Crippen LogP contribution is 2.33. The van der Waals surface area contributed by atoms with Gasteiger partial charge in [0.1, 0.15) is 5.82 Å². The molecular formula is C14H13F4N3S. The number of thiazole rings is 1. The second-order valence-electron chi connectivity index (χ2n) is 4.96. The molecule has 8 heteroatoms. The summed E-state index contributed by atoms with van der Waals surface area (Å²) in [5.74, 6) is -0.287. The standard InChI is InChI=1S/C14H13F4N3S/c15-10-1-3-11(4-2-10)20-5-7-21(8-6-20)13-19-12(9-22-13)14(16,17)18/h1-4,9H,5-8H2. The van der Waals surface area contributed by atoms with E-state index in [1.807, 2.05) is 4.90 Å². The van der Waals surface area contributed by atoms with Crippen LogP contribution < -0.4 is 9.80 Å². The van der Waals surface area contributed by atoms with Gasteiger partial charge in [-0.1, -0.05) is 0 Å². The Morgan fingerprint density at radius 3 is 2.09 bits per heavy atom. The molecule has 0 amide bonds. The highest BCUT2D eigenvalue weighted by atomic mass is 32.1. The van der Waals surface area contributed by atoms with Crippen molar-refractivity contribution in [1.29, 1.82) is 0 Å². The number of rotatable bonds is 2. The van der Waals surface area contributed by atoms with E-state index < -0.39 is 11.9 Å². The predicted molar refractivity (Wildman–Crippen MR) is 77.9 cm³/mol. The number of alkyl halides is 3. The lowest BCUT2D eigenvalue weighted by Gasteiger charge is -2.36. The van der Waals surface area contributed by atoms with E-state index in [-0.39, 0.29) is 5.82 Å². The number of aromatic nitrogens is 1. The van der Waals surface area contributed by atoms with Crippen LogP contribution >= 0.6 is 11.3 Å². The molecule has 3 rings (SSSR count). The molecule has 1 aliphatic heterocycles. The van der Waals surface area contributed by atoms with Crippen LogP contribution in [0.2, 0.25) is 0 Å². The number of piperazine rings is 1. The molecule has 2 aromatic rings. The molecule has 0 saturated carbocycles. The summed E-state index contributed by atoms with van der Waals surface area (Å²) in [5.41, 5.74) is 0.0737. The lowest BCUT2D eigenvalue weighted by Crippen LogP contribution is -2.46. The number of hydrogen-bond acceptors (Lipinski definition) is 4. The second kappa shape index (κ2) is 5.75. The van der Waals surface area contributed by atoms with Crippen LogP contribution in [-0.2, 0) is 6.18 Å². The van der Waals surface area contributed by atoms with Gasteiger partial charge in [-0.25, -0.2) is 9.37 Å². The minimum atomic E-state index is -4.40. The Bertz CT molecular complexity index is 630. The first-order valence-corrected chi connectivity index (χ1v) is 7.59. The van der Waals surface area contributed by atoms with Crippen molar-refractivity contribution in [1.82, 2.24) is 4.98 Å². The van der Waals surface area contributed by atoms with Crippen LogP contribution in [0, 0.1) is 5.82 Å². The minimum absolute atomic E-state index is 0.287. The molecular weight excluding hydrogens is 318 g/mol. The van der Waals surface area contributed by atoms with Gasteiger partial charge < -0.3 is 9.80 Å². The van der Waals surface area contributed by atoms with E-state index in [1.54, 1.807) is 12.1 Å². The van der Waals surface area contributed by atoms with Crippen LogP contribution in [-0.4, -0.2) is 31.2 Å². The maximum absolute atomic E-state index is 12.9. The predicted octanol–water partition coefficient (Wildman–Crippen LogP) is 3.63. The van der Waals surface area contributed by atoms with Gasteiger partial charge in [0.15, 0.2) is 10.8 Å². The normalized spacial score (nSPS) is 16.2. The number of nitrogens with zero attached hydrogens (tertiary/aromatic N) is 3. The number of anilines is 2. The van der Waals surface area contributed by atoms with Gasteiger partial charge in [-0.15, -0.1) is 11.3 Å². The molecule has 0 N–H and O–H groups in total. The van der Waals surface area contributed by atoms with Gasteiger partial charge in [-0.05, 0) is 24.3 Å². The van der Waals surface area contributed by atoms with Crippen molar-refractivity contribution >= 4 is 22.2 Å². The summed E-state index contributed by atoms with van der Waals surface area (Å²) in [6, 6.07) is 6.21.